The molecule has 106 valence electrons. The Hall–Kier alpha value is -2.95. The summed E-state index contributed by atoms with van der Waals surface area (Å²) in [4.78, 5) is 18.8. The van der Waals surface area contributed by atoms with Crippen LogP contribution in [0.1, 0.15) is 21.7 Å². The summed E-state index contributed by atoms with van der Waals surface area (Å²) in [5.41, 5.74) is -0.604. The van der Waals surface area contributed by atoms with Gasteiger partial charge in [0.25, 0.3) is 5.91 Å². The number of hydrogen-bond donors (Lipinski definition) is 1. The number of halogens is 3. The van der Waals surface area contributed by atoms with E-state index in [4.69, 9.17) is 5.26 Å². The SMILES string of the molecule is N#Cc1ccc(C(=O)Nc2ccc(C(F)(F)F)nc2)nc1. The smallest absolute Gasteiger partial charge is 0.319 e. The van der Waals surface area contributed by atoms with Crippen LogP contribution in [0.2, 0.25) is 0 Å². The third kappa shape index (κ3) is 3.54. The monoisotopic (exact) mass is 292 g/mol. The molecule has 0 atom stereocenters. The van der Waals surface area contributed by atoms with Crippen LogP contribution in [0.15, 0.2) is 36.7 Å². The van der Waals surface area contributed by atoms with Crippen LogP contribution >= 0.6 is 0 Å². The number of rotatable bonds is 2. The summed E-state index contributed by atoms with van der Waals surface area (Å²) in [7, 11) is 0. The van der Waals surface area contributed by atoms with E-state index in [-0.39, 0.29) is 11.4 Å². The fraction of sp³-hybridized carbons (Fsp3) is 0.0769. The van der Waals surface area contributed by atoms with E-state index >= 15 is 0 Å². The second-order valence-corrected chi connectivity index (χ2v) is 3.93. The number of nitrogens with zero attached hydrogens (tertiary/aromatic N) is 3. The van der Waals surface area contributed by atoms with Crippen LogP contribution in [-0.2, 0) is 6.18 Å². The fourth-order valence-corrected chi connectivity index (χ4v) is 1.42. The summed E-state index contributed by atoms with van der Waals surface area (Å²) in [6.07, 6.45) is -2.40. The van der Waals surface area contributed by atoms with E-state index in [2.05, 4.69) is 15.3 Å². The lowest BCUT2D eigenvalue weighted by atomic mass is 10.2. The zero-order valence-electron chi connectivity index (χ0n) is 10.3. The van der Waals surface area contributed by atoms with Crippen molar-refractivity contribution >= 4 is 11.6 Å². The molecule has 0 aliphatic carbocycles. The summed E-state index contributed by atoms with van der Waals surface area (Å²) in [5.74, 6) is -0.610. The summed E-state index contributed by atoms with van der Waals surface area (Å²) in [6.45, 7) is 0. The number of aromatic nitrogens is 2. The van der Waals surface area contributed by atoms with E-state index in [0.717, 1.165) is 18.3 Å². The maximum absolute atomic E-state index is 12.3. The number of carbonyl (C=O) groups is 1. The molecule has 1 amide bonds. The van der Waals surface area contributed by atoms with Gasteiger partial charge >= 0.3 is 6.18 Å². The van der Waals surface area contributed by atoms with E-state index in [1.165, 1.54) is 18.3 Å². The third-order valence-electron chi connectivity index (χ3n) is 2.44. The van der Waals surface area contributed by atoms with Crippen LogP contribution in [0, 0.1) is 11.3 Å². The lowest BCUT2D eigenvalue weighted by molar-refractivity contribution is -0.141. The van der Waals surface area contributed by atoms with Crippen LogP contribution in [0.3, 0.4) is 0 Å². The molecule has 0 aromatic carbocycles. The molecule has 2 heterocycles. The molecular formula is C13H7F3N4O. The second-order valence-electron chi connectivity index (χ2n) is 3.93. The van der Waals surface area contributed by atoms with Gasteiger partial charge in [-0.2, -0.15) is 18.4 Å². The van der Waals surface area contributed by atoms with Gasteiger partial charge in [0.2, 0.25) is 0 Å². The molecule has 2 aromatic heterocycles. The highest BCUT2D eigenvalue weighted by Crippen LogP contribution is 2.27. The molecule has 0 aliphatic rings. The Kier molecular flexibility index (Phi) is 3.84. The third-order valence-corrected chi connectivity index (χ3v) is 2.44. The Morgan fingerprint density at radius 2 is 1.90 bits per heavy atom. The van der Waals surface area contributed by atoms with Crippen molar-refractivity contribution in [1.29, 1.82) is 5.26 Å². The second kappa shape index (κ2) is 5.58. The van der Waals surface area contributed by atoms with Crippen LogP contribution < -0.4 is 5.32 Å². The lowest BCUT2D eigenvalue weighted by Gasteiger charge is -2.07. The van der Waals surface area contributed by atoms with Gasteiger partial charge in [-0.15, -0.1) is 0 Å². The van der Waals surface area contributed by atoms with Gasteiger partial charge in [-0.3, -0.25) is 4.79 Å². The molecule has 0 saturated heterocycles. The maximum atomic E-state index is 12.3. The van der Waals surface area contributed by atoms with Crippen LogP contribution in [0.4, 0.5) is 18.9 Å². The normalized spacial score (nSPS) is 10.8. The molecule has 0 unspecified atom stereocenters. The van der Waals surface area contributed by atoms with Crippen molar-refractivity contribution in [2.75, 3.05) is 5.32 Å². The quantitative estimate of drug-likeness (QED) is 0.922. The zero-order chi connectivity index (χ0) is 15.5. The van der Waals surface area contributed by atoms with E-state index in [1.54, 1.807) is 0 Å². The first kappa shape index (κ1) is 14.5. The molecule has 5 nitrogen and oxygen atoms in total. The number of nitrogens with one attached hydrogen (secondary N) is 1. The van der Waals surface area contributed by atoms with Crippen LogP contribution in [-0.4, -0.2) is 15.9 Å². The number of amides is 1. The van der Waals surface area contributed by atoms with Crippen molar-refractivity contribution in [3.8, 4) is 6.07 Å². The fourth-order valence-electron chi connectivity index (χ4n) is 1.42. The Morgan fingerprint density at radius 3 is 2.38 bits per heavy atom. The van der Waals surface area contributed by atoms with Crippen molar-refractivity contribution in [2.45, 2.75) is 6.18 Å². The molecule has 0 aliphatic heterocycles. The summed E-state index contributed by atoms with van der Waals surface area (Å²) >= 11 is 0. The summed E-state index contributed by atoms with van der Waals surface area (Å²) in [5, 5.41) is 11.0. The molecule has 21 heavy (non-hydrogen) atoms. The predicted molar refractivity (Wildman–Crippen MR) is 66.1 cm³/mol. The largest absolute Gasteiger partial charge is 0.433 e. The molecular weight excluding hydrogens is 285 g/mol. The molecule has 0 radical (unpaired) electrons. The van der Waals surface area contributed by atoms with E-state index in [1.807, 2.05) is 6.07 Å². The Morgan fingerprint density at radius 1 is 1.14 bits per heavy atom. The first-order valence-electron chi connectivity index (χ1n) is 5.61. The number of anilines is 1. The number of alkyl halides is 3. The molecule has 0 spiro atoms. The predicted octanol–water partition coefficient (Wildman–Crippen LogP) is 2.62. The van der Waals surface area contributed by atoms with Gasteiger partial charge in [-0.1, -0.05) is 0 Å². The van der Waals surface area contributed by atoms with Crippen molar-refractivity contribution < 1.29 is 18.0 Å². The molecule has 2 aromatic rings. The van der Waals surface area contributed by atoms with Crippen molar-refractivity contribution in [3.05, 3.63) is 53.6 Å². The van der Waals surface area contributed by atoms with Crippen molar-refractivity contribution in [1.82, 2.24) is 9.97 Å². The number of pyridine rings is 2. The minimum absolute atomic E-state index is 0.0360. The number of carbonyl (C=O) groups excluding carboxylic acids is 1. The van der Waals surface area contributed by atoms with Crippen molar-refractivity contribution in [2.24, 2.45) is 0 Å². The molecule has 0 fully saturated rings. The first-order valence-corrected chi connectivity index (χ1v) is 5.61. The van der Waals surface area contributed by atoms with Gasteiger partial charge < -0.3 is 5.32 Å². The minimum atomic E-state index is -4.53. The summed E-state index contributed by atoms with van der Waals surface area (Å²) < 4.78 is 37.0. The van der Waals surface area contributed by atoms with E-state index in [9.17, 15) is 18.0 Å². The van der Waals surface area contributed by atoms with Gasteiger partial charge in [-0.25, -0.2) is 9.97 Å². The van der Waals surface area contributed by atoms with E-state index in [0.29, 0.717) is 5.56 Å². The Bertz CT molecular complexity index is 687. The first-order chi connectivity index (χ1) is 9.90. The average molecular weight is 292 g/mol. The highest BCUT2D eigenvalue weighted by molar-refractivity contribution is 6.02. The topological polar surface area (TPSA) is 78.7 Å². The van der Waals surface area contributed by atoms with Gasteiger partial charge in [0.05, 0.1) is 17.4 Å². The van der Waals surface area contributed by atoms with E-state index < -0.39 is 17.8 Å². The molecule has 0 saturated carbocycles. The van der Waals surface area contributed by atoms with Crippen LogP contribution in [0.25, 0.3) is 0 Å². The maximum Gasteiger partial charge on any atom is 0.433 e. The van der Waals surface area contributed by atoms with Gasteiger partial charge in [0.15, 0.2) is 0 Å². The molecule has 8 heteroatoms. The lowest BCUT2D eigenvalue weighted by Crippen LogP contribution is -2.14. The average Bonchev–Trinajstić information content (AvgIpc) is 2.47. The standard InChI is InChI=1S/C13H7F3N4O/c14-13(15,16)11-4-2-9(7-19-11)20-12(21)10-3-1-8(5-17)6-18-10/h1-4,6-7H,(H,20,21). The Labute approximate surface area is 117 Å². The van der Waals surface area contributed by atoms with Gasteiger partial charge in [-0.05, 0) is 24.3 Å². The van der Waals surface area contributed by atoms with Gasteiger partial charge in [0.1, 0.15) is 17.5 Å². The number of nitriles is 1. The highest BCUT2D eigenvalue weighted by atomic mass is 19.4. The van der Waals surface area contributed by atoms with Crippen molar-refractivity contribution in [3.63, 3.8) is 0 Å². The molecule has 2 rings (SSSR count). The Balaban J connectivity index is 2.10. The summed E-state index contributed by atoms with van der Waals surface area (Å²) in [6, 6.07) is 6.46. The minimum Gasteiger partial charge on any atom is -0.319 e. The molecule has 1 N–H and O–H groups in total. The van der Waals surface area contributed by atoms with Gasteiger partial charge in [0, 0.05) is 6.20 Å². The number of hydrogen-bond acceptors (Lipinski definition) is 4. The van der Waals surface area contributed by atoms with Crippen LogP contribution in [0.5, 0.6) is 0 Å². The molecule has 0 bridgehead atoms. The highest BCUT2D eigenvalue weighted by Gasteiger charge is 2.32. The zero-order valence-corrected chi connectivity index (χ0v) is 10.3.